The largest absolute Gasteiger partial charge is 0.367 e. The fraction of sp³-hybridized carbons (Fsp3) is 0.286. The van der Waals surface area contributed by atoms with Gasteiger partial charge in [0.2, 0.25) is 0 Å². The van der Waals surface area contributed by atoms with Gasteiger partial charge < -0.3 is 20.9 Å². The minimum Gasteiger partial charge on any atom is -0.367 e. The minimum atomic E-state index is -0.145. The zero-order valence-electron chi connectivity index (χ0n) is 21.6. The Morgan fingerprint density at radius 3 is 2.65 bits per heavy atom. The molecule has 4 aromatic rings. The molecule has 0 aliphatic heterocycles. The fourth-order valence-electron chi connectivity index (χ4n) is 4.04. The van der Waals surface area contributed by atoms with Gasteiger partial charge in [0.15, 0.2) is 5.82 Å². The van der Waals surface area contributed by atoms with E-state index in [1.54, 1.807) is 11.0 Å². The topological polar surface area (TPSA) is 100 Å². The van der Waals surface area contributed by atoms with E-state index < -0.39 is 0 Å². The third-order valence-electron chi connectivity index (χ3n) is 6.08. The molecule has 2 aromatic carbocycles. The SMILES string of the molecule is Cc1cccc(C(=O)Nc2ccc(C)c(Nc3cc(CN(C)C)nn3-c3cc(NC4CC4)ncn3)c2)c1. The maximum Gasteiger partial charge on any atom is 0.255 e. The summed E-state index contributed by atoms with van der Waals surface area (Å²) in [5, 5.41) is 14.8. The van der Waals surface area contributed by atoms with Crippen molar-refractivity contribution in [3.63, 3.8) is 0 Å². The lowest BCUT2D eigenvalue weighted by atomic mass is 10.1. The molecular weight excluding hydrogens is 464 g/mol. The van der Waals surface area contributed by atoms with Gasteiger partial charge in [0, 0.05) is 41.7 Å². The van der Waals surface area contributed by atoms with Crippen molar-refractivity contribution in [2.75, 3.05) is 30.0 Å². The first-order valence-corrected chi connectivity index (χ1v) is 12.4. The molecule has 0 radical (unpaired) electrons. The maximum absolute atomic E-state index is 12.8. The van der Waals surface area contributed by atoms with Gasteiger partial charge in [-0.15, -0.1) is 0 Å². The van der Waals surface area contributed by atoms with Gasteiger partial charge in [-0.1, -0.05) is 23.8 Å². The van der Waals surface area contributed by atoms with Crippen molar-refractivity contribution in [1.82, 2.24) is 24.6 Å². The number of rotatable bonds is 9. The van der Waals surface area contributed by atoms with E-state index in [4.69, 9.17) is 5.10 Å². The quantitative estimate of drug-likeness (QED) is 0.303. The number of nitrogens with one attached hydrogen (secondary N) is 3. The first-order chi connectivity index (χ1) is 17.8. The van der Waals surface area contributed by atoms with Gasteiger partial charge in [-0.05, 0) is 70.6 Å². The number of amides is 1. The van der Waals surface area contributed by atoms with Gasteiger partial charge in [-0.2, -0.15) is 9.78 Å². The van der Waals surface area contributed by atoms with Crippen LogP contribution in [0.3, 0.4) is 0 Å². The zero-order chi connectivity index (χ0) is 25.9. The number of aryl methyl sites for hydroxylation is 2. The number of carbonyl (C=O) groups excluding carboxylic acids is 1. The van der Waals surface area contributed by atoms with E-state index in [0.29, 0.717) is 29.7 Å². The second-order valence-corrected chi connectivity index (χ2v) is 9.83. The third-order valence-corrected chi connectivity index (χ3v) is 6.08. The molecule has 2 aromatic heterocycles. The Kier molecular flexibility index (Phi) is 6.87. The molecule has 190 valence electrons. The van der Waals surface area contributed by atoms with Crippen molar-refractivity contribution in [2.24, 2.45) is 0 Å². The third kappa shape index (κ3) is 6.13. The van der Waals surface area contributed by atoms with Crippen LogP contribution in [0, 0.1) is 13.8 Å². The monoisotopic (exact) mass is 496 g/mol. The van der Waals surface area contributed by atoms with Crippen LogP contribution < -0.4 is 16.0 Å². The molecule has 1 amide bonds. The van der Waals surface area contributed by atoms with E-state index in [-0.39, 0.29) is 5.91 Å². The Morgan fingerprint density at radius 2 is 1.89 bits per heavy atom. The predicted molar refractivity (Wildman–Crippen MR) is 147 cm³/mol. The van der Waals surface area contributed by atoms with E-state index in [9.17, 15) is 4.79 Å². The number of hydrogen-bond acceptors (Lipinski definition) is 7. The van der Waals surface area contributed by atoms with Gasteiger partial charge in [-0.3, -0.25) is 4.79 Å². The number of carbonyl (C=O) groups is 1. The normalized spacial score (nSPS) is 13.0. The Labute approximate surface area is 216 Å². The number of nitrogens with zero attached hydrogens (tertiary/aromatic N) is 5. The smallest absolute Gasteiger partial charge is 0.255 e. The predicted octanol–water partition coefficient (Wildman–Crippen LogP) is 4.91. The van der Waals surface area contributed by atoms with E-state index in [1.165, 1.54) is 0 Å². The number of benzene rings is 2. The first kappa shape index (κ1) is 24.5. The van der Waals surface area contributed by atoms with Crippen molar-refractivity contribution in [3.8, 4) is 5.82 Å². The molecule has 0 bridgehead atoms. The van der Waals surface area contributed by atoms with Gasteiger partial charge in [0.05, 0.1) is 5.69 Å². The fourth-order valence-corrected chi connectivity index (χ4v) is 4.04. The first-order valence-electron chi connectivity index (χ1n) is 12.4. The van der Waals surface area contributed by atoms with E-state index in [0.717, 1.165) is 47.0 Å². The summed E-state index contributed by atoms with van der Waals surface area (Å²) < 4.78 is 1.80. The van der Waals surface area contributed by atoms with Crippen LogP contribution in [0.2, 0.25) is 0 Å². The van der Waals surface area contributed by atoms with Gasteiger partial charge in [-0.25, -0.2) is 9.97 Å². The van der Waals surface area contributed by atoms with Crippen LogP contribution in [-0.2, 0) is 6.54 Å². The second-order valence-electron chi connectivity index (χ2n) is 9.83. The molecule has 5 rings (SSSR count). The second kappa shape index (κ2) is 10.4. The Hall–Kier alpha value is -4.24. The van der Waals surface area contributed by atoms with E-state index in [2.05, 4.69) is 30.8 Å². The van der Waals surface area contributed by atoms with Crippen molar-refractivity contribution in [1.29, 1.82) is 0 Å². The Balaban J connectivity index is 1.43. The van der Waals surface area contributed by atoms with Crippen molar-refractivity contribution in [2.45, 2.75) is 39.3 Å². The molecule has 1 aliphatic carbocycles. The average Bonchev–Trinajstić information content (AvgIpc) is 3.59. The molecule has 1 fully saturated rings. The molecule has 37 heavy (non-hydrogen) atoms. The summed E-state index contributed by atoms with van der Waals surface area (Å²) in [5.74, 6) is 2.10. The molecular formula is C28H32N8O. The molecule has 3 N–H and O–H groups in total. The summed E-state index contributed by atoms with van der Waals surface area (Å²) in [6.07, 6.45) is 3.89. The van der Waals surface area contributed by atoms with Crippen molar-refractivity contribution in [3.05, 3.63) is 83.3 Å². The zero-order valence-corrected chi connectivity index (χ0v) is 21.6. The van der Waals surface area contributed by atoms with Crippen molar-refractivity contribution < 1.29 is 4.79 Å². The van der Waals surface area contributed by atoms with Crippen LogP contribution in [0.5, 0.6) is 0 Å². The van der Waals surface area contributed by atoms with Gasteiger partial charge in [0.25, 0.3) is 5.91 Å². The summed E-state index contributed by atoms with van der Waals surface area (Å²) in [7, 11) is 4.03. The molecule has 0 spiro atoms. The lowest BCUT2D eigenvalue weighted by Gasteiger charge is -2.14. The van der Waals surface area contributed by atoms with E-state index in [1.807, 2.05) is 82.5 Å². The molecule has 9 heteroatoms. The molecule has 1 aliphatic rings. The number of anilines is 4. The molecule has 0 saturated heterocycles. The Morgan fingerprint density at radius 1 is 1.05 bits per heavy atom. The standard InChI is InChI=1S/C28H32N8O/c1-18-6-5-7-20(12-18)28(37)32-22-9-8-19(2)24(13-22)33-27-14-23(16-35(3)4)34-36(27)26-15-25(29-17-30-26)31-21-10-11-21/h5-9,12-15,17,21,33H,10-11,16H2,1-4H3,(H,32,37)(H,29,30,31). The lowest BCUT2D eigenvalue weighted by molar-refractivity contribution is 0.102. The van der Waals surface area contributed by atoms with Crippen LogP contribution in [0.4, 0.5) is 23.0 Å². The summed E-state index contributed by atoms with van der Waals surface area (Å²) in [5.41, 5.74) is 5.18. The molecule has 1 saturated carbocycles. The van der Waals surface area contributed by atoms with Crippen LogP contribution in [-0.4, -0.2) is 50.7 Å². The van der Waals surface area contributed by atoms with Crippen molar-refractivity contribution >= 4 is 28.9 Å². The molecule has 2 heterocycles. The van der Waals surface area contributed by atoms with Gasteiger partial charge in [0.1, 0.15) is 18.0 Å². The highest BCUT2D eigenvalue weighted by molar-refractivity contribution is 6.04. The Bertz CT molecular complexity index is 1420. The highest BCUT2D eigenvalue weighted by Crippen LogP contribution is 2.28. The summed E-state index contributed by atoms with van der Waals surface area (Å²) in [4.78, 5) is 23.7. The summed E-state index contributed by atoms with van der Waals surface area (Å²) >= 11 is 0. The van der Waals surface area contributed by atoms with Gasteiger partial charge >= 0.3 is 0 Å². The molecule has 0 unspecified atom stereocenters. The van der Waals surface area contributed by atoms with Crippen LogP contribution in [0.1, 0.15) is 40.0 Å². The molecule has 0 atom stereocenters. The lowest BCUT2D eigenvalue weighted by Crippen LogP contribution is -2.12. The number of aromatic nitrogens is 4. The van der Waals surface area contributed by atoms with E-state index >= 15 is 0 Å². The molecule has 9 nitrogen and oxygen atoms in total. The summed E-state index contributed by atoms with van der Waals surface area (Å²) in [6.45, 7) is 4.69. The van der Waals surface area contributed by atoms with Crippen LogP contribution in [0.15, 0.2) is 60.9 Å². The minimum absolute atomic E-state index is 0.145. The van der Waals surface area contributed by atoms with Crippen LogP contribution >= 0.6 is 0 Å². The maximum atomic E-state index is 12.8. The summed E-state index contributed by atoms with van der Waals surface area (Å²) in [6, 6.07) is 17.8. The highest BCUT2D eigenvalue weighted by Gasteiger charge is 2.22. The highest BCUT2D eigenvalue weighted by atomic mass is 16.1. The van der Waals surface area contributed by atoms with Crippen LogP contribution in [0.25, 0.3) is 5.82 Å². The average molecular weight is 497 g/mol. The number of hydrogen-bond donors (Lipinski definition) is 3.